The Labute approximate surface area is 187 Å². The number of hydrogen-bond acceptors (Lipinski definition) is 6. The fourth-order valence-electron chi connectivity index (χ4n) is 3.42. The van der Waals surface area contributed by atoms with Crippen LogP contribution in [0.5, 0.6) is 0 Å². The molecular weight excluding hydrogens is 410 g/mol. The molecular formula is C23H29N5O4. The Hall–Kier alpha value is -3.62. The van der Waals surface area contributed by atoms with Crippen molar-refractivity contribution in [2.24, 2.45) is 0 Å². The smallest absolute Gasteiger partial charge is 0.339 e. The summed E-state index contributed by atoms with van der Waals surface area (Å²) >= 11 is 0. The van der Waals surface area contributed by atoms with Crippen LogP contribution >= 0.6 is 0 Å². The summed E-state index contributed by atoms with van der Waals surface area (Å²) in [5.41, 5.74) is 1.35. The summed E-state index contributed by atoms with van der Waals surface area (Å²) in [5.74, 6) is 0.226. The molecule has 2 aromatic rings. The minimum absolute atomic E-state index is 0.00842. The van der Waals surface area contributed by atoms with Gasteiger partial charge in [-0.15, -0.1) is 0 Å². The van der Waals surface area contributed by atoms with Crippen LogP contribution in [-0.4, -0.2) is 66.6 Å². The van der Waals surface area contributed by atoms with Crippen molar-refractivity contribution in [3.05, 3.63) is 53.7 Å². The maximum atomic E-state index is 13.1. The number of para-hydroxylation sites is 1. The maximum absolute atomic E-state index is 13.1. The van der Waals surface area contributed by atoms with Crippen LogP contribution in [0.4, 0.5) is 16.3 Å². The molecule has 3 amide bonds. The summed E-state index contributed by atoms with van der Waals surface area (Å²) in [7, 11) is 0. The van der Waals surface area contributed by atoms with E-state index in [9.17, 15) is 14.4 Å². The summed E-state index contributed by atoms with van der Waals surface area (Å²) in [4.78, 5) is 45.2. The van der Waals surface area contributed by atoms with Gasteiger partial charge in [-0.2, -0.15) is 0 Å². The topological polar surface area (TPSA) is 104 Å². The van der Waals surface area contributed by atoms with E-state index in [1.165, 1.54) is 6.20 Å². The second kappa shape index (κ2) is 10.6. The number of urea groups is 1. The number of ether oxygens (including phenoxy) is 1. The maximum Gasteiger partial charge on any atom is 0.339 e. The highest BCUT2D eigenvalue weighted by Gasteiger charge is 2.25. The zero-order valence-corrected chi connectivity index (χ0v) is 18.6. The van der Waals surface area contributed by atoms with E-state index in [0.29, 0.717) is 49.6 Å². The minimum atomic E-state index is -0.392. The molecule has 9 heteroatoms. The largest absolute Gasteiger partial charge is 0.462 e. The number of carbonyl (C=O) groups is 3. The first kappa shape index (κ1) is 23.1. The SMILES string of the molecule is CCOC(=O)c1ccc(N2CCN(C(=O)c3ccccc3NC(=O)NC(C)C)CC2)nc1. The lowest BCUT2D eigenvalue weighted by atomic mass is 10.1. The molecule has 0 spiro atoms. The second-order valence-electron chi connectivity index (χ2n) is 7.70. The zero-order chi connectivity index (χ0) is 23.1. The third-order valence-electron chi connectivity index (χ3n) is 4.98. The van der Waals surface area contributed by atoms with Gasteiger partial charge in [-0.1, -0.05) is 12.1 Å². The van der Waals surface area contributed by atoms with Crippen LogP contribution in [0, 0.1) is 0 Å². The summed E-state index contributed by atoms with van der Waals surface area (Å²) in [6, 6.07) is 10.1. The van der Waals surface area contributed by atoms with Gasteiger partial charge in [0.15, 0.2) is 0 Å². The molecule has 0 atom stereocenters. The highest BCUT2D eigenvalue weighted by atomic mass is 16.5. The van der Waals surface area contributed by atoms with E-state index in [1.54, 1.807) is 48.2 Å². The number of nitrogens with zero attached hydrogens (tertiary/aromatic N) is 3. The van der Waals surface area contributed by atoms with Gasteiger partial charge in [0.1, 0.15) is 5.82 Å². The first-order valence-electron chi connectivity index (χ1n) is 10.7. The van der Waals surface area contributed by atoms with E-state index in [-0.39, 0.29) is 18.0 Å². The summed E-state index contributed by atoms with van der Waals surface area (Å²) in [5, 5.41) is 5.53. The Morgan fingerprint density at radius 1 is 1.06 bits per heavy atom. The molecule has 0 saturated carbocycles. The molecule has 3 rings (SSSR count). The van der Waals surface area contributed by atoms with Gasteiger partial charge < -0.3 is 25.2 Å². The standard InChI is InChI=1S/C23H29N5O4/c1-4-32-22(30)17-9-10-20(24-15-17)27-11-13-28(14-12-27)21(29)18-7-5-6-8-19(18)26-23(31)25-16(2)3/h5-10,15-16H,4,11-14H2,1-3H3,(H2,25,26,31). The van der Waals surface area contributed by atoms with Gasteiger partial charge in [-0.3, -0.25) is 4.79 Å². The van der Waals surface area contributed by atoms with Gasteiger partial charge in [0.05, 0.1) is 23.4 Å². The first-order chi connectivity index (χ1) is 15.4. The van der Waals surface area contributed by atoms with Crippen LogP contribution in [0.1, 0.15) is 41.5 Å². The molecule has 0 aliphatic carbocycles. The van der Waals surface area contributed by atoms with E-state index in [0.717, 1.165) is 5.82 Å². The van der Waals surface area contributed by atoms with E-state index >= 15 is 0 Å². The van der Waals surface area contributed by atoms with Crippen LogP contribution in [0.2, 0.25) is 0 Å². The number of nitrogens with one attached hydrogen (secondary N) is 2. The van der Waals surface area contributed by atoms with Gasteiger partial charge in [0.25, 0.3) is 5.91 Å². The van der Waals surface area contributed by atoms with Crippen LogP contribution in [-0.2, 0) is 4.74 Å². The van der Waals surface area contributed by atoms with E-state index < -0.39 is 5.97 Å². The Balaban J connectivity index is 1.61. The number of pyridine rings is 1. The number of carbonyl (C=O) groups excluding carboxylic acids is 3. The van der Waals surface area contributed by atoms with Crippen molar-refractivity contribution in [3.63, 3.8) is 0 Å². The quantitative estimate of drug-likeness (QED) is 0.671. The molecule has 170 valence electrons. The molecule has 1 fully saturated rings. The van der Waals surface area contributed by atoms with Crippen molar-refractivity contribution in [2.75, 3.05) is 43.0 Å². The number of anilines is 2. The second-order valence-corrected chi connectivity index (χ2v) is 7.70. The highest BCUT2D eigenvalue weighted by Crippen LogP contribution is 2.20. The lowest BCUT2D eigenvalue weighted by molar-refractivity contribution is 0.0525. The molecule has 1 saturated heterocycles. The number of esters is 1. The lowest BCUT2D eigenvalue weighted by Gasteiger charge is -2.35. The predicted molar refractivity (Wildman–Crippen MR) is 122 cm³/mol. The van der Waals surface area contributed by atoms with Crippen LogP contribution in [0.15, 0.2) is 42.6 Å². The fourth-order valence-corrected chi connectivity index (χ4v) is 3.42. The van der Waals surface area contributed by atoms with Crippen molar-refractivity contribution in [2.45, 2.75) is 26.8 Å². The molecule has 1 aliphatic heterocycles. The molecule has 0 unspecified atom stereocenters. The predicted octanol–water partition coefficient (Wildman–Crippen LogP) is 2.75. The average Bonchev–Trinajstić information content (AvgIpc) is 2.79. The summed E-state index contributed by atoms with van der Waals surface area (Å²) in [6.45, 7) is 8.08. The van der Waals surface area contributed by atoms with Gasteiger partial charge in [0, 0.05) is 38.4 Å². The number of benzene rings is 1. The van der Waals surface area contributed by atoms with Gasteiger partial charge >= 0.3 is 12.0 Å². The van der Waals surface area contributed by atoms with Gasteiger partial charge in [-0.05, 0) is 45.0 Å². The average molecular weight is 440 g/mol. The highest BCUT2D eigenvalue weighted by molar-refractivity contribution is 6.03. The van der Waals surface area contributed by atoms with Crippen molar-refractivity contribution < 1.29 is 19.1 Å². The van der Waals surface area contributed by atoms with Crippen molar-refractivity contribution in [1.29, 1.82) is 0 Å². The summed E-state index contributed by atoms with van der Waals surface area (Å²) in [6.07, 6.45) is 1.51. The van der Waals surface area contributed by atoms with Crippen molar-refractivity contribution in [1.82, 2.24) is 15.2 Å². The third-order valence-corrected chi connectivity index (χ3v) is 4.98. The van der Waals surface area contributed by atoms with Crippen molar-refractivity contribution in [3.8, 4) is 0 Å². The van der Waals surface area contributed by atoms with Crippen LogP contribution in [0.25, 0.3) is 0 Å². The van der Waals surface area contributed by atoms with E-state index in [4.69, 9.17) is 4.74 Å². The Morgan fingerprint density at radius 2 is 1.78 bits per heavy atom. The number of piperazine rings is 1. The zero-order valence-electron chi connectivity index (χ0n) is 18.6. The van der Waals surface area contributed by atoms with E-state index in [2.05, 4.69) is 20.5 Å². The normalized spacial score (nSPS) is 13.6. The minimum Gasteiger partial charge on any atom is -0.462 e. The Kier molecular flexibility index (Phi) is 7.64. The summed E-state index contributed by atoms with van der Waals surface area (Å²) < 4.78 is 4.98. The first-order valence-corrected chi connectivity index (χ1v) is 10.7. The molecule has 2 N–H and O–H groups in total. The van der Waals surface area contributed by atoms with Crippen molar-refractivity contribution >= 4 is 29.4 Å². The van der Waals surface area contributed by atoms with Crippen LogP contribution in [0.3, 0.4) is 0 Å². The lowest BCUT2D eigenvalue weighted by Crippen LogP contribution is -2.49. The number of rotatable bonds is 6. The van der Waals surface area contributed by atoms with E-state index in [1.807, 2.05) is 13.8 Å². The monoisotopic (exact) mass is 439 g/mol. The fraction of sp³-hybridized carbons (Fsp3) is 0.391. The number of hydrogen-bond donors (Lipinski definition) is 2. The molecule has 0 radical (unpaired) electrons. The molecule has 2 heterocycles. The van der Waals surface area contributed by atoms with Gasteiger partial charge in [0.2, 0.25) is 0 Å². The van der Waals surface area contributed by atoms with Gasteiger partial charge in [-0.25, -0.2) is 14.6 Å². The molecule has 1 aromatic carbocycles. The van der Waals surface area contributed by atoms with Crippen LogP contribution < -0.4 is 15.5 Å². The Morgan fingerprint density at radius 3 is 2.41 bits per heavy atom. The third kappa shape index (κ3) is 5.75. The molecule has 1 aliphatic rings. The Bertz CT molecular complexity index is 953. The molecule has 9 nitrogen and oxygen atoms in total. The number of amides is 3. The number of aromatic nitrogens is 1. The molecule has 0 bridgehead atoms. The molecule has 1 aromatic heterocycles. The molecule has 32 heavy (non-hydrogen) atoms.